The number of halogens is 2. The highest BCUT2D eigenvalue weighted by Gasteiger charge is 2.27. The molecule has 0 radical (unpaired) electrons. The van der Waals surface area contributed by atoms with Gasteiger partial charge in [0.2, 0.25) is 0 Å². The van der Waals surface area contributed by atoms with Crippen LogP contribution in [0.25, 0.3) is 0 Å². The molecule has 0 bridgehead atoms. The molecule has 0 aliphatic carbocycles. The van der Waals surface area contributed by atoms with Gasteiger partial charge >= 0.3 is 0 Å². The van der Waals surface area contributed by atoms with E-state index in [0.717, 1.165) is 18.7 Å². The van der Waals surface area contributed by atoms with E-state index >= 15 is 0 Å². The quantitative estimate of drug-likeness (QED) is 0.808. The predicted molar refractivity (Wildman–Crippen MR) is 72.4 cm³/mol. The van der Waals surface area contributed by atoms with Crippen LogP contribution in [0, 0.1) is 11.7 Å². The van der Waals surface area contributed by atoms with Crippen LogP contribution in [0.5, 0.6) is 0 Å². The third-order valence-corrected chi connectivity index (χ3v) is 4.48. The van der Waals surface area contributed by atoms with Crippen molar-refractivity contribution >= 4 is 15.9 Å². The van der Waals surface area contributed by atoms with Crippen LogP contribution in [0.15, 0.2) is 22.7 Å². The van der Waals surface area contributed by atoms with Crippen LogP contribution < -0.4 is 0 Å². The summed E-state index contributed by atoms with van der Waals surface area (Å²) in [6.07, 6.45) is 2.53. The Morgan fingerprint density at radius 1 is 1.47 bits per heavy atom. The molecule has 1 aromatic rings. The van der Waals surface area contributed by atoms with Gasteiger partial charge in [-0.15, -0.1) is 0 Å². The van der Waals surface area contributed by atoms with Crippen LogP contribution in [0.2, 0.25) is 0 Å². The van der Waals surface area contributed by atoms with Gasteiger partial charge in [-0.2, -0.15) is 0 Å². The van der Waals surface area contributed by atoms with Crippen LogP contribution in [-0.2, 0) is 6.54 Å². The van der Waals surface area contributed by atoms with E-state index in [4.69, 9.17) is 0 Å². The second-order valence-corrected chi connectivity index (χ2v) is 5.93. The molecular formula is C14H19BrFN. The van der Waals surface area contributed by atoms with E-state index in [2.05, 4.69) is 34.7 Å². The van der Waals surface area contributed by atoms with Crippen molar-refractivity contribution in [2.24, 2.45) is 5.92 Å². The lowest BCUT2D eigenvalue weighted by atomic mass is 10.0. The summed E-state index contributed by atoms with van der Waals surface area (Å²) in [5.41, 5.74) is 1.05. The topological polar surface area (TPSA) is 3.24 Å². The van der Waals surface area contributed by atoms with Crippen molar-refractivity contribution in [2.75, 3.05) is 6.54 Å². The van der Waals surface area contributed by atoms with Gasteiger partial charge in [-0.3, -0.25) is 4.90 Å². The average Bonchev–Trinajstić information content (AvgIpc) is 2.73. The van der Waals surface area contributed by atoms with Crippen molar-refractivity contribution in [3.8, 4) is 0 Å². The van der Waals surface area contributed by atoms with E-state index in [0.29, 0.717) is 16.4 Å². The Labute approximate surface area is 111 Å². The Morgan fingerprint density at radius 3 is 2.94 bits per heavy atom. The van der Waals surface area contributed by atoms with Crippen LogP contribution in [0.4, 0.5) is 4.39 Å². The molecule has 17 heavy (non-hydrogen) atoms. The lowest BCUT2D eigenvalue weighted by Crippen LogP contribution is -2.32. The van der Waals surface area contributed by atoms with Gasteiger partial charge in [0.05, 0.1) is 4.47 Å². The third-order valence-electron chi connectivity index (χ3n) is 3.59. The fourth-order valence-corrected chi connectivity index (χ4v) is 3.08. The van der Waals surface area contributed by atoms with Crippen molar-refractivity contribution in [1.29, 1.82) is 0 Å². The van der Waals surface area contributed by atoms with E-state index in [1.807, 2.05) is 6.07 Å². The van der Waals surface area contributed by atoms with Gasteiger partial charge in [0, 0.05) is 12.6 Å². The summed E-state index contributed by atoms with van der Waals surface area (Å²) in [5.74, 6) is 0.507. The largest absolute Gasteiger partial charge is 0.296 e. The Balaban J connectivity index is 2.12. The van der Waals surface area contributed by atoms with Gasteiger partial charge in [-0.1, -0.05) is 26.0 Å². The first kappa shape index (κ1) is 13.0. The minimum absolute atomic E-state index is 0.164. The van der Waals surface area contributed by atoms with Crippen LogP contribution in [0.1, 0.15) is 32.3 Å². The van der Waals surface area contributed by atoms with Crippen LogP contribution in [0.3, 0.4) is 0 Å². The zero-order valence-electron chi connectivity index (χ0n) is 10.4. The molecule has 1 aliphatic rings. The zero-order chi connectivity index (χ0) is 12.4. The van der Waals surface area contributed by atoms with Crippen molar-refractivity contribution in [3.05, 3.63) is 34.1 Å². The monoisotopic (exact) mass is 299 g/mol. The highest BCUT2D eigenvalue weighted by atomic mass is 79.9. The number of hydrogen-bond donors (Lipinski definition) is 0. The average molecular weight is 300 g/mol. The highest BCUT2D eigenvalue weighted by molar-refractivity contribution is 9.10. The van der Waals surface area contributed by atoms with E-state index in [9.17, 15) is 4.39 Å². The van der Waals surface area contributed by atoms with Crippen molar-refractivity contribution in [1.82, 2.24) is 4.90 Å². The summed E-state index contributed by atoms with van der Waals surface area (Å²) >= 11 is 3.34. The molecule has 1 aliphatic heterocycles. The molecular weight excluding hydrogens is 281 g/mol. The lowest BCUT2D eigenvalue weighted by Gasteiger charge is -2.27. The fraction of sp³-hybridized carbons (Fsp3) is 0.571. The molecule has 1 aromatic carbocycles. The van der Waals surface area contributed by atoms with Gasteiger partial charge in [-0.25, -0.2) is 4.39 Å². The summed E-state index contributed by atoms with van der Waals surface area (Å²) in [7, 11) is 0. The molecule has 1 nitrogen and oxygen atoms in total. The van der Waals surface area contributed by atoms with Gasteiger partial charge in [-0.05, 0) is 52.9 Å². The normalized spacial score (nSPS) is 21.4. The van der Waals surface area contributed by atoms with Gasteiger partial charge < -0.3 is 0 Å². The third kappa shape index (κ3) is 2.89. The summed E-state index contributed by atoms with van der Waals surface area (Å²) in [6, 6.07) is 5.93. The van der Waals surface area contributed by atoms with Crippen molar-refractivity contribution in [2.45, 2.75) is 39.3 Å². The minimum Gasteiger partial charge on any atom is -0.296 e. The smallest absolute Gasteiger partial charge is 0.137 e. The maximum Gasteiger partial charge on any atom is 0.137 e. The first-order valence-electron chi connectivity index (χ1n) is 6.26. The maximum atomic E-state index is 13.4. The van der Waals surface area contributed by atoms with E-state index in [1.165, 1.54) is 18.9 Å². The minimum atomic E-state index is -0.164. The summed E-state index contributed by atoms with van der Waals surface area (Å²) in [5, 5.41) is 0. The molecule has 1 unspecified atom stereocenters. The summed E-state index contributed by atoms with van der Waals surface area (Å²) < 4.78 is 14.1. The molecule has 3 heteroatoms. The fourth-order valence-electron chi connectivity index (χ4n) is 2.69. The molecule has 0 aromatic heterocycles. The summed E-state index contributed by atoms with van der Waals surface area (Å²) in [4.78, 5) is 2.48. The Morgan fingerprint density at radius 2 is 2.24 bits per heavy atom. The van der Waals surface area contributed by atoms with Gasteiger partial charge in [0.25, 0.3) is 0 Å². The van der Waals surface area contributed by atoms with E-state index in [1.54, 1.807) is 6.07 Å². The van der Waals surface area contributed by atoms with Crippen molar-refractivity contribution < 1.29 is 4.39 Å². The second-order valence-electron chi connectivity index (χ2n) is 5.14. The molecule has 0 spiro atoms. The summed E-state index contributed by atoms with van der Waals surface area (Å²) in [6.45, 7) is 6.51. The number of nitrogens with zero attached hydrogens (tertiary/aromatic N) is 1. The highest BCUT2D eigenvalue weighted by Crippen LogP contribution is 2.28. The molecule has 0 amide bonds. The van der Waals surface area contributed by atoms with Crippen LogP contribution >= 0.6 is 15.9 Å². The molecule has 2 rings (SSSR count). The zero-order valence-corrected chi connectivity index (χ0v) is 12.0. The molecule has 0 N–H and O–H groups in total. The number of likely N-dealkylation sites (tertiary alicyclic amines) is 1. The molecule has 1 heterocycles. The lowest BCUT2D eigenvalue weighted by molar-refractivity contribution is 0.198. The molecule has 1 fully saturated rings. The molecule has 1 saturated heterocycles. The first-order valence-corrected chi connectivity index (χ1v) is 7.06. The van der Waals surface area contributed by atoms with E-state index < -0.39 is 0 Å². The molecule has 0 saturated carbocycles. The first-order chi connectivity index (χ1) is 8.09. The predicted octanol–water partition coefficient (Wildman–Crippen LogP) is 4.21. The maximum absolute atomic E-state index is 13.4. The van der Waals surface area contributed by atoms with Gasteiger partial charge in [0.15, 0.2) is 0 Å². The SMILES string of the molecule is CC(C)C1CCCN1Cc1cccc(F)c1Br. The number of benzene rings is 1. The number of rotatable bonds is 3. The molecule has 94 valence electrons. The van der Waals surface area contributed by atoms with Gasteiger partial charge in [0.1, 0.15) is 5.82 Å². The Kier molecular flexibility index (Phi) is 4.21. The van der Waals surface area contributed by atoms with Crippen molar-refractivity contribution in [3.63, 3.8) is 0 Å². The second kappa shape index (κ2) is 5.49. The Bertz CT molecular complexity index is 392. The van der Waals surface area contributed by atoms with E-state index in [-0.39, 0.29) is 5.82 Å². The Hall–Kier alpha value is -0.410. The number of hydrogen-bond acceptors (Lipinski definition) is 1. The molecule has 1 atom stereocenters. The standard InChI is InChI=1S/C14H19BrFN/c1-10(2)13-7-4-8-17(13)9-11-5-3-6-12(16)14(11)15/h3,5-6,10,13H,4,7-9H2,1-2H3. The van der Waals surface area contributed by atoms with Crippen LogP contribution in [-0.4, -0.2) is 17.5 Å².